The molecule has 0 N–H and O–H groups in total. The molecule has 11 heavy (non-hydrogen) atoms. The number of hydrogen-bond acceptors (Lipinski definition) is 2. The molecular weight excluding hydrogens is 177 g/mol. The van der Waals surface area contributed by atoms with Gasteiger partial charge in [-0.05, 0) is 18.4 Å². The number of thiophene rings is 1. The molecule has 0 unspecified atom stereocenters. The molecule has 0 aliphatic heterocycles. The lowest BCUT2D eigenvalue weighted by Gasteiger charge is -2.06. The van der Waals surface area contributed by atoms with Crippen LogP contribution in [0.5, 0.6) is 5.75 Å². The average molecular weight is 182 g/mol. The molecule has 0 fully saturated rings. The summed E-state index contributed by atoms with van der Waals surface area (Å²) in [5.74, 6) is -0.109. The van der Waals surface area contributed by atoms with E-state index in [0.717, 1.165) is 0 Å². The molecule has 0 saturated carbocycles. The maximum absolute atomic E-state index is 11.6. The number of ether oxygens (including phenoxy) is 1. The quantitative estimate of drug-likeness (QED) is 0.648. The van der Waals surface area contributed by atoms with Crippen molar-refractivity contribution in [3.63, 3.8) is 0 Å². The van der Waals surface area contributed by atoms with Crippen LogP contribution in [0.4, 0.5) is 13.2 Å². The van der Waals surface area contributed by atoms with Gasteiger partial charge in [0, 0.05) is 4.88 Å². The SMILES string of the molecule is Cc1sccc1OC(F)(F)F. The molecular formula is C6H5F3OS. The van der Waals surface area contributed by atoms with Crippen molar-refractivity contribution in [3.8, 4) is 5.75 Å². The third-order valence-electron chi connectivity index (χ3n) is 1.04. The molecule has 0 aliphatic rings. The maximum atomic E-state index is 11.6. The minimum atomic E-state index is -4.58. The van der Waals surface area contributed by atoms with Gasteiger partial charge in [0.05, 0.1) is 0 Å². The molecule has 0 bridgehead atoms. The summed E-state index contributed by atoms with van der Waals surface area (Å²) in [7, 11) is 0. The third-order valence-corrected chi connectivity index (χ3v) is 1.86. The van der Waals surface area contributed by atoms with E-state index in [1.165, 1.54) is 17.4 Å². The van der Waals surface area contributed by atoms with Gasteiger partial charge < -0.3 is 4.74 Å². The first-order valence-electron chi connectivity index (χ1n) is 2.79. The van der Waals surface area contributed by atoms with E-state index in [1.807, 2.05) is 0 Å². The summed E-state index contributed by atoms with van der Waals surface area (Å²) in [4.78, 5) is 0.530. The van der Waals surface area contributed by atoms with Crippen LogP contribution in [0.15, 0.2) is 11.4 Å². The Labute approximate surface area is 65.4 Å². The van der Waals surface area contributed by atoms with E-state index < -0.39 is 6.36 Å². The minimum Gasteiger partial charge on any atom is -0.405 e. The van der Waals surface area contributed by atoms with Crippen molar-refractivity contribution in [3.05, 3.63) is 16.3 Å². The van der Waals surface area contributed by atoms with Gasteiger partial charge in [-0.15, -0.1) is 24.5 Å². The normalized spacial score (nSPS) is 11.6. The molecule has 1 nitrogen and oxygen atoms in total. The Morgan fingerprint density at radius 3 is 2.45 bits per heavy atom. The zero-order chi connectivity index (χ0) is 8.48. The molecule has 0 radical (unpaired) electrons. The van der Waals surface area contributed by atoms with Crippen LogP contribution in [-0.4, -0.2) is 6.36 Å². The van der Waals surface area contributed by atoms with Gasteiger partial charge in [0.1, 0.15) is 5.75 Å². The van der Waals surface area contributed by atoms with Gasteiger partial charge in [-0.3, -0.25) is 0 Å². The summed E-state index contributed by atoms with van der Waals surface area (Å²) in [6.45, 7) is 1.58. The molecule has 1 rings (SSSR count). The molecule has 1 aromatic rings. The van der Waals surface area contributed by atoms with Gasteiger partial charge in [-0.1, -0.05) is 0 Å². The summed E-state index contributed by atoms with van der Waals surface area (Å²) in [6, 6.07) is 1.30. The van der Waals surface area contributed by atoms with Gasteiger partial charge in [0.2, 0.25) is 0 Å². The van der Waals surface area contributed by atoms with Crippen molar-refractivity contribution < 1.29 is 17.9 Å². The lowest BCUT2D eigenvalue weighted by molar-refractivity contribution is -0.274. The fourth-order valence-corrected chi connectivity index (χ4v) is 1.23. The van der Waals surface area contributed by atoms with Crippen LogP contribution in [0.2, 0.25) is 0 Å². The Kier molecular flexibility index (Phi) is 2.08. The highest BCUT2D eigenvalue weighted by Crippen LogP contribution is 2.29. The maximum Gasteiger partial charge on any atom is 0.573 e. The second kappa shape index (κ2) is 2.73. The lowest BCUT2D eigenvalue weighted by atomic mass is 10.5. The summed E-state index contributed by atoms with van der Waals surface area (Å²) in [5.41, 5.74) is 0. The highest BCUT2D eigenvalue weighted by molar-refractivity contribution is 7.10. The fourth-order valence-electron chi connectivity index (χ4n) is 0.604. The standard InChI is InChI=1S/C6H5F3OS/c1-4-5(2-3-11-4)10-6(7,8)9/h2-3H,1H3. The lowest BCUT2D eigenvalue weighted by Crippen LogP contribution is -2.17. The van der Waals surface area contributed by atoms with Crippen LogP contribution in [0, 0.1) is 6.92 Å². The number of rotatable bonds is 1. The second-order valence-electron chi connectivity index (χ2n) is 1.89. The molecule has 1 aromatic heterocycles. The number of halogens is 3. The van der Waals surface area contributed by atoms with Crippen molar-refractivity contribution >= 4 is 11.3 Å². The predicted octanol–water partition coefficient (Wildman–Crippen LogP) is 2.96. The first kappa shape index (κ1) is 8.39. The van der Waals surface area contributed by atoms with Crippen LogP contribution in [0.1, 0.15) is 4.88 Å². The first-order valence-corrected chi connectivity index (χ1v) is 3.67. The Bertz CT molecular complexity index is 240. The highest BCUT2D eigenvalue weighted by atomic mass is 32.1. The van der Waals surface area contributed by atoms with E-state index in [0.29, 0.717) is 4.88 Å². The number of hydrogen-bond donors (Lipinski definition) is 0. The van der Waals surface area contributed by atoms with Crippen molar-refractivity contribution in [1.82, 2.24) is 0 Å². The third kappa shape index (κ3) is 2.42. The van der Waals surface area contributed by atoms with E-state index in [9.17, 15) is 13.2 Å². The molecule has 0 saturated heterocycles. The monoisotopic (exact) mass is 182 g/mol. The first-order chi connectivity index (χ1) is 4.99. The topological polar surface area (TPSA) is 9.23 Å². The van der Waals surface area contributed by atoms with Crippen LogP contribution in [-0.2, 0) is 0 Å². The van der Waals surface area contributed by atoms with Crippen molar-refractivity contribution in [2.75, 3.05) is 0 Å². The van der Waals surface area contributed by atoms with E-state index in [1.54, 1.807) is 12.3 Å². The van der Waals surface area contributed by atoms with Crippen LogP contribution >= 0.6 is 11.3 Å². The number of aryl methyl sites for hydroxylation is 1. The van der Waals surface area contributed by atoms with E-state index in [-0.39, 0.29) is 5.75 Å². The van der Waals surface area contributed by atoms with E-state index in [2.05, 4.69) is 4.74 Å². The van der Waals surface area contributed by atoms with Crippen LogP contribution in [0.3, 0.4) is 0 Å². The summed E-state index contributed by atoms with van der Waals surface area (Å²) < 4.78 is 38.4. The molecule has 0 amide bonds. The van der Waals surface area contributed by atoms with Gasteiger partial charge in [-0.2, -0.15) is 0 Å². The van der Waals surface area contributed by atoms with Crippen molar-refractivity contribution in [2.24, 2.45) is 0 Å². The van der Waals surface area contributed by atoms with Gasteiger partial charge in [-0.25, -0.2) is 0 Å². The van der Waals surface area contributed by atoms with Crippen molar-refractivity contribution in [1.29, 1.82) is 0 Å². The van der Waals surface area contributed by atoms with Gasteiger partial charge in [0.15, 0.2) is 0 Å². The predicted molar refractivity (Wildman–Crippen MR) is 35.7 cm³/mol. The second-order valence-corrected chi connectivity index (χ2v) is 3.01. The summed E-state index contributed by atoms with van der Waals surface area (Å²) in [6.07, 6.45) is -4.58. The molecule has 0 spiro atoms. The zero-order valence-corrected chi connectivity index (χ0v) is 6.42. The number of alkyl halides is 3. The van der Waals surface area contributed by atoms with Gasteiger partial charge >= 0.3 is 6.36 Å². The minimum absolute atomic E-state index is 0.109. The Morgan fingerprint density at radius 2 is 2.09 bits per heavy atom. The molecule has 0 aromatic carbocycles. The molecule has 0 aliphatic carbocycles. The molecule has 0 atom stereocenters. The largest absolute Gasteiger partial charge is 0.573 e. The summed E-state index contributed by atoms with van der Waals surface area (Å²) in [5, 5.41) is 1.55. The molecule has 5 heteroatoms. The smallest absolute Gasteiger partial charge is 0.405 e. The van der Waals surface area contributed by atoms with E-state index in [4.69, 9.17) is 0 Å². The Hall–Kier alpha value is -0.710. The Balaban J connectivity index is 2.72. The average Bonchev–Trinajstić information content (AvgIpc) is 2.12. The highest BCUT2D eigenvalue weighted by Gasteiger charge is 2.31. The van der Waals surface area contributed by atoms with Crippen LogP contribution in [0.25, 0.3) is 0 Å². The molecule has 62 valence electrons. The van der Waals surface area contributed by atoms with Gasteiger partial charge in [0.25, 0.3) is 0 Å². The summed E-state index contributed by atoms with van der Waals surface area (Å²) >= 11 is 1.22. The zero-order valence-electron chi connectivity index (χ0n) is 5.61. The Morgan fingerprint density at radius 1 is 1.45 bits per heavy atom. The molecule has 1 heterocycles. The fraction of sp³-hybridized carbons (Fsp3) is 0.333. The van der Waals surface area contributed by atoms with E-state index >= 15 is 0 Å². The van der Waals surface area contributed by atoms with Crippen molar-refractivity contribution in [2.45, 2.75) is 13.3 Å². The van der Waals surface area contributed by atoms with Crippen LogP contribution < -0.4 is 4.74 Å².